The number of benzene rings is 1. The lowest BCUT2D eigenvalue weighted by atomic mass is 10.0. The molecule has 0 unspecified atom stereocenters. The number of hydrogen-bond donors (Lipinski definition) is 0. The van der Waals surface area contributed by atoms with Crippen LogP contribution in [0.5, 0.6) is 0 Å². The first-order chi connectivity index (χ1) is 11.1. The van der Waals surface area contributed by atoms with Crippen LogP contribution in [0.25, 0.3) is 10.4 Å². The van der Waals surface area contributed by atoms with Crippen LogP contribution in [-0.4, -0.2) is 47.9 Å². The van der Waals surface area contributed by atoms with Gasteiger partial charge in [0.1, 0.15) is 0 Å². The lowest BCUT2D eigenvalue weighted by molar-refractivity contribution is -0.133. The van der Waals surface area contributed by atoms with Crippen LogP contribution in [0, 0.1) is 5.92 Å². The molecule has 1 atom stereocenters. The molecule has 1 fully saturated rings. The van der Waals surface area contributed by atoms with Gasteiger partial charge < -0.3 is 4.90 Å². The van der Waals surface area contributed by atoms with Crippen LogP contribution < -0.4 is 0 Å². The highest BCUT2D eigenvalue weighted by Crippen LogP contribution is 2.17. The van der Waals surface area contributed by atoms with Crippen LogP contribution in [0.3, 0.4) is 0 Å². The van der Waals surface area contributed by atoms with Gasteiger partial charge in [-0.1, -0.05) is 49.3 Å². The van der Waals surface area contributed by atoms with Crippen molar-refractivity contribution in [3.8, 4) is 0 Å². The Morgan fingerprint density at radius 3 is 2.61 bits per heavy atom. The van der Waals surface area contributed by atoms with Gasteiger partial charge in [0.25, 0.3) is 0 Å². The Labute approximate surface area is 137 Å². The van der Waals surface area contributed by atoms with Gasteiger partial charge in [-0.15, -0.1) is 0 Å². The third-order valence-corrected chi connectivity index (χ3v) is 4.37. The van der Waals surface area contributed by atoms with Gasteiger partial charge in [0.2, 0.25) is 5.91 Å². The summed E-state index contributed by atoms with van der Waals surface area (Å²) in [5.74, 6) is 0.428. The van der Waals surface area contributed by atoms with E-state index in [1.54, 1.807) is 0 Å². The van der Waals surface area contributed by atoms with Crippen molar-refractivity contribution in [3.05, 3.63) is 46.3 Å². The van der Waals surface area contributed by atoms with Gasteiger partial charge in [0.05, 0.1) is 0 Å². The largest absolute Gasteiger partial charge is 0.338 e. The molecule has 0 aromatic heterocycles. The van der Waals surface area contributed by atoms with Crippen molar-refractivity contribution in [3.63, 3.8) is 0 Å². The maximum absolute atomic E-state index is 12.5. The Balaban J connectivity index is 2.02. The molecule has 1 heterocycles. The van der Waals surface area contributed by atoms with E-state index >= 15 is 0 Å². The molecule has 0 saturated carbocycles. The molecule has 1 amide bonds. The summed E-state index contributed by atoms with van der Waals surface area (Å²) in [4.78, 5) is 19.6. The molecule has 1 aromatic rings. The summed E-state index contributed by atoms with van der Waals surface area (Å²) in [6.07, 6.45) is 0.520. The minimum atomic E-state index is -0.0184. The Morgan fingerprint density at radius 1 is 1.22 bits per heavy atom. The van der Waals surface area contributed by atoms with E-state index in [9.17, 15) is 4.79 Å². The topological polar surface area (TPSA) is 72.3 Å². The van der Waals surface area contributed by atoms with E-state index in [0.717, 1.165) is 19.6 Å². The summed E-state index contributed by atoms with van der Waals surface area (Å²) in [6.45, 7) is 7.66. The van der Waals surface area contributed by atoms with E-state index in [-0.39, 0.29) is 17.9 Å². The van der Waals surface area contributed by atoms with Gasteiger partial charge in [-0.3, -0.25) is 9.69 Å². The average molecular weight is 315 g/mol. The lowest BCUT2D eigenvalue weighted by Crippen LogP contribution is -2.46. The summed E-state index contributed by atoms with van der Waals surface area (Å²) in [5, 5.41) is 3.69. The first kappa shape index (κ1) is 17.3. The predicted molar refractivity (Wildman–Crippen MR) is 90.7 cm³/mol. The van der Waals surface area contributed by atoms with E-state index in [4.69, 9.17) is 5.53 Å². The fraction of sp³-hybridized carbons (Fsp3) is 0.588. The molecule has 1 aliphatic rings. The zero-order chi connectivity index (χ0) is 16.7. The molecule has 1 aliphatic heterocycles. The Bertz CT molecular complexity index is 553. The Morgan fingerprint density at radius 2 is 1.96 bits per heavy atom. The minimum Gasteiger partial charge on any atom is -0.338 e. The van der Waals surface area contributed by atoms with Gasteiger partial charge in [0, 0.05) is 50.1 Å². The normalized spacial score (nSPS) is 17.7. The van der Waals surface area contributed by atoms with Gasteiger partial charge in [0.15, 0.2) is 0 Å². The molecule has 0 bridgehead atoms. The van der Waals surface area contributed by atoms with Crippen LogP contribution >= 0.6 is 0 Å². The lowest BCUT2D eigenvalue weighted by Gasteiger charge is -2.33. The molecule has 0 N–H and O–H groups in total. The molecule has 1 saturated heterocycles. The SMILES string of the molecule is CC(C)[C@@H](CN=[N+]=[N-])N1CCN(Cc2ccccc2)CCC1=O. The number of amides is 1. The quantitative estimate of drug-likeness (QED) is 0.460. The predicted octanol–water partition coefficient (Wildman–Crippen LogP) is 3.06. The van der Waals surface area contributed by atoms with E-state index in [1.165, 1.54) is 5.56 Å². The summed E-state index contributed by atoms with van der Waals surface area (Å²) in [5.41, 5.74) is 9.84. The van der Waals surface area contributed by atoms with Gasteiger partial charge in [-0.05, 0) is 17.0 Å². The third-order valence-electron chi connectivity index (χ3n) is 4.37. The molecule has 0 radical (unpaired) electrons. The summed E-state index contributed by atoms with van der Waals surface area (Å²) >= 11 is 0. The van der Waals surface area contributed by atoms with Crippen LogP contribution in [0.4, 0.5) is 0 Å². The van der Waals surface area contributed by atoms with Crippen LogP contribution in [0.15, 0.2) is 35.4 Å². The number of carbonyl (C=O) groups excluding carboxylic acids is 1. The number of azide groups is 1. The molecular formula is C17H25N5O. The summed E-state index contributed by atoms with van der Waals surface area (Å²) in [6, 6.07) is 10.3. The maximum atomic E-state index is 12.5. The first-order valence-electron chi connectivity index (χ1n) is 8.18. The molecule has 0 spiro atoms. The van der Waals surface area contributed by atoms with Gasteiger partial charge in [-0.25, -0.2) is 0 Å². The van der Waals surface area contributed by atoms with Crippen molar-refractivity contribution >= 4 is 5.91 Å². The van der Waals surface area contributed by atoms with Crippen molar-refractivity contribution in [2.24, 2.45) is 11.0 Å². The van der Waals surface area contributed by atoms with Gasteiger partial charge >= 0.3 is 0 Å². The summed E-state index contributed by atoms with van der Waals surface area (Å²) in [7, 11) is 0. The van der Waals surface area contributed by atoms with Crippen LogP contribution in [0.1, 0.15) is 25.8 Å². The molecule has 0 aliphatic carbocycles. The van der Waals surface area contributed by atoms with Gasteiger partial charge in [-0.2, -0.15) is 0 Å². The average Bonchev–Trinajstić information content (AvgIpc) is 2.72. The van der Waals surface area contributed by atoms with Crippen molar-refractivity contribution in [1.82, 2.24) is 9.80 Å². The second-order valence-corrected chi connectivity index (χ2v) is 6.32. The van der Waals surface area contributed by atoms with Crippen LogP contribution in [-0.2, 0) is 11.3 Å². The molecular weight excluding hydrogens is 290 g/mol. The maximum Gasteiger partial charge on any atom is 0.224 e. The molecule has 124 valence electrons. The van der Waals surface area contributed by atoms with Crippen molar-refractivity contribution in [2.75, 3.05) is 26.2 Å². The Kier molecular flexibility index (Phi) is 6.44. The van der Waals surface area contributed by atoms with Crippen LogP contribution in [0.2, 0.25) is 0 Å². The van der Waals surface area contributed by atoms with E-state index < -0.39 is 0 Å². The zero-order valence-electron chi connectivity index (χ0n) is 13.9. The highest BCUT2D eigenvalue weighted by atomic mass is 16.2. The van der Waals surface area contributed by atoms with E-state index in [1.807, 2.05) is 23.1 Å². The molecule has 6 heteroatoms. The highest BCUT2D eigenvalue weighted by molar-refractivity contribution is 5.77. The number of hydrogen-bond acceptors (Lipinski definition) is 3. The fourth-order valence-corrected chi connectivity index (χ4v) is 3.02. The molecule has 1 aromatic carbocycles. The first-order valence-corrected chi connectivity index (χ1v) is 8.18. The molecule has 6 nitrogen and oxygen atoms in total. The number of carbonyl (C=O) groups is 1. The molecule has 23 heavy (non-hydrogen) atoms. The Hall–Kier alpha value is -2.04. The fourth-order valence-electron chi connectivity index (χ4n) is 3.02. The zero-order valence-corrected chi connectivity index (χ0v) is 13.9. The van der Waals surface area contributed by atoms with E-state index in [0.29, 0.717) is 19.5 Å². The molecule has 2 rings (SSSR count). The monoisotopic (exact) mass is 315 g/mol. The standard InChI is InChI=1S/C17H25N5O/c1-14(2)16(12-19-20-18)22-11-10-21(9-8-17(22)23)13-15-6-4-3-5-7-15/h3-7,14,16H,8-13H2,1-2H3/t16-/m1/s1. The van der Waals surface area contributed by atoms with E-state index in [2.05, 4.69) is 40.9 Å². The highest BCUT2D eigenvalue weighted by Gasteiger charge is 2.28. The number of nitrogens with zero attached hydrogens (tertiary/aromatic N) is 5. The minimum absolute atomic E-state index is 0.0184. The second-order valence-electron chi connectivity index (χ2n) is 6.32. The van der Waals surface area contributed by atoms with Crippen molar-refractivity contribution < 1.29 is 4.79 Å². The van der Waals surface area contributed by atoms with Crippen molar-refractivity contribution in [1.29, 1.82) is 0 Å². The third kappa shape index (κ3) is 4.98. The second kappa shape index (κ2) is 8.56. The van der Waals surface area contributed by atoms with Crippen molar-refractivity contribution in [2.45, 2.75) is 32.9 Å². The smallest absolute Gasteiger partial charge is 0.224 e. The summed E-state index contributed by atoms with van der Waals surface area (Å²) < 4.78 is 0. The number of rotatable bonds is 6.